The Labute approximate surface area is 278 Å². The molecule has 5 heteroatoms. The zero-order valence-corrected chi connectivity index (χ0v) is 26.0. The van der Waals surface area contributed by atoms with Crippen molar-refractivity contribution < 1.29 is 0 Å². The van der Waals surface area contributed by atoms with Gasteiger partial charge in [0.15, 0.2) is 11.6 Å². The summed E-state index contributed by atoms with van der Waals surface area (Å²) in [6, 6.07) is 59.2. The number of fused-ring (bicyclic) bond motifs is 3. The first kappa shape index (κ1) is 27.7. The van der Waals surface area contributed by atoms with Crippen molar-refractivity contribution in [2.75, 3.05) is 0 Å². The highest BCUT2D eigenvalue weighted by Crippen LogP contribution is 2.35. The number of hydrogen-bond acceptors (Lipinski definition) is 3. The summed E-state index contributed by atoms with van der Waals surface area (Å²) in [5.74, 6) is 1.43. The molecule has 5 nitrogen and oxygen atoms in total. The summed E-state index contributed by atoms with van der Waals surface area (Å²) in [6.07, 6.45) is 1.86. The van der Waals surface area contributed by atoms with Crippen LogP contribution < -0.4 is 0 Å². The molecular formula is C43H29N5. The van der Waals surface area contributed by atoms with Crippen LogP contribution in [0.15, 0.2) is 176 Å². The number of nitrogens with zero attached hydrogens (tertiary/aromatic N) is 5. The van der Waals surface area contributed by atoms with Crippen LogP contribution in [-0.2, 0) is 0 Å². The maximum atomic E-state index is 4.84. The van der Waals surface area contributed by atoms with Crippen molar-refractivity contribution in [3.63, 3.8) is 0 Å². The molecule has 0 fully saturated rings. The Balaban J connectivity index is 1.18. The van der Waals surface area contributed by atoms with Gasteiger partial charge in [-0.15, -0.1) is 10.2 Å². The third-order valence-corrected chi connectivity index (χ3v) is 8.91. The fraction of sp³-hybridized carbons (Fsp3) is 0. The van der Waals surface area contributed by atoms with Gasteiger partial charge < -0.3 is 4.57 Å². The quantitative estimate of drug-likeness (QED) is 0.187. The van der Waals surface area contributed by atoms with E-state index in [9.17, 15) is 0 Å². The molecule has 0 saturated heterocycles. The number of aromatic nitrogens is 5. The molecule has 0 saturated carbocycles. The lowest BCUT2D eigenvalue weighted by Crippen LogP contribution is -2.02. The standard InChI is InChI=1S/C43H29N5/c1-3-13-30(14-4-1)31-15-11-16-32(27-31)33-17-12-18-34(28-33)42-45-46-43(48(42)35-19-5-2-6-20-35)39-29-36(25-26-44-39)47-40-23-9-7-21-37(40)38-22-8-10-24-41(38)47/h1-29H. The van der Waals surface area contributed by atoms with Crippen molar-refractivity contribution in [1.29, 1.82) is 0 Å². The molecule has 48 heavy (non-hydrogen) atoms. The molecule has 0 amide bonds. The van der Waals surface area contributed by atoms with Crippen LogP contribution in [0.2, 0.25) is 0 Å². The number of pyridine rings is 1. The zero-order valence-electron chi connectivity index (χ0n) is 26.0. The van der Waals surface area contributed by atoms with E-state index in [-0.39, 0.29) is 0 Å². The fourth-order valence-corrected chi connectivity index (χ4v) is 6.69. The van der Waals surface area contributed by atoms with Gasteiger partial charge in [0.05, 0.1) is 11.0 Å². The first-order valence-corrected chi connectivity index (χ1v) is 16.0. The summed E-state index contributed by atoms with van der Waals surface area (Å²) in [6.45, 7) is 0. The molecule has 3 heterocycles. The summed E-state index contributed by atoms with van der Waals surface area (Å²) in [7, 11) is 0. The lowest BCUT2D eigenvalue weighted by atomic mass is 9.98. The normalized spacial score (nSPS) is 11.3. The second-order valence-electron chi connectivity index (χ2n) is 11.8. The first-order valence-electron chi connectivity index (χ1n) is 16.0. The minimum atomic E-state index is 0.676. The van der Waals surface area contributed by atoms with E-state index in [1.165, 1.54) is 21.9 Å². The summed E-state index contributed by atoms with van der Waals surface area (Å²) in [5, 5.41) is 12.0. The van der Waals surface area contributed by atoms with Crippen LogP contribution in [0.1, 0.15) is 0 Å². The SMILES string of the molecule is c1ccc(-c2cccc(-c3cccc(-c4nnc(-c5cc(-n6c7ccccc7c7ccccc76)ccn5)n4-c4ccccc4)c3)c2)cc1. The molecule has 0 atom stereocenters. The molecule has 3 aromatic heterocycles. The molecule has 0 N–H and O–H groups in total. The van der Waals surface area contributed by atoms with Crippen LogP contribution in [0.25, 0.3) is 78.3 Å². The summed E-state index contributed by atoms with van der Waals surface area (Å²) >= 11 is 0. The van der Waals surface area contributed by atoms with E-state index in [1.807, 2.05) is 30.5 Å². The summed E-state index contributed by atoms with van der Waals surface area (Å²) in [4.78, 5) is 4.84. The topological polar surface area (TPSA) is 48.5 Å². The molecule has 0 aliphatic rings. The Morgan fingerprint density at radius 3 is 1.56 bits per heavy atom. The third kappa shape index (κ3) is 4.77. The van der Waals surface area contributed by atoms with Gasteiger partial charge in [-0.3, -0.25) is 9.55 Å². The molecule has 0 aliphatic carbocycles. The molecule has 0 radical (unpaired) electrons. The van der Waals surface area contributed by atoms with E-state index in [1.54, 1.807) is 0 Å². The monoisotopic (exact) mass is 615 g/mol. The molecule has 226 valence electrons. The molecule has 9 aromatic rings. The lowest BCUT2D eigenvalue weighted by Gasteiger charge is -2.13. The second kappa shape index (κ2) is 11.6. The Bertz CT molecular complexity index is 2510. The third-order valence-electron chi connectivity index (χ3n) is 8.91. The second-order valence-corrected chi connectivity index (χ2v) is 11.8. The highest BCUT2D eigenvalue weighted by Gasteiger charge is 2.20. The Hall–Kier alpha value is -6.59. The van der Waals surface area contributed by atoms with Crippen molar-refractivity contribution in [2.24, 2.45) is 0 Å². The smallest absolute Gasteiger partial charge is 0.187 e. The van der Waals surface area contributed by atoms with Gasteiger partial charge in [-0.1, -0.05) is 121 Å². The summed E-state index contributed by atoms with van der Waals surface area (Å²) < 4.78 is 4.41. The van der Waals surface area contributed by atoms with Gasteiger partial charge in [-0.25, -0.2) is 0 Å². The largest absolute Gasteiger partial charge is 0.309 e. The van der Waals surface area contributed by atoms with Gasteiger partial charge in [0.2, 0.25) is 0 Å². The van der Waals surface area contributed by atoms with Crippen LogP contribution in [-0.4, -0.2) is 24.3 Å². The average molecular weight is 616 g/mol. The Morgan fingerprint density at radius 2 is 0.875 bits per heavy atom. The molecule has 9 rings (SSSR count). The maximum Gasteiger partial charge on any atom is 0.187 e. The van der Waals surface area contributed by atoms with Crippen LogP contribution in [0.3, 0.4) is 0 Å². The number of para-hydroxylation sites is 3. The minimum absolute atomic E-state index is 0.676. The first-order chi connectivity index (χ1) is 23.8. The summed E-state index contributed by atoms with van der Waals surface area (Å²) in [5.41, 5.74) is 10.6. The number of rotatable bonds is 6. The van der Waals surface area contributed by atoms with Crippen molar-refractivity contribution >= 4 is 21.8 Å². The van der Waals surface area contributed by atoms with Gasteiger partial charge >= 0.3 is 0 Å². The zero-order chi connectivity index (χ0) is 31.9. The molecule has 0 bridgehead atoms. The highest BCUT2D eigenvalue weighted by molar-refractivity contribution is 6.09. The average Bonchev–Trinajstić information content (AvgIpc) is 3.76. The number of hydrogen-bond donors (Lipinski definition) is 0. The van der Waals surface area contributed by atoms with Gasteiger partial charge in [-0.05, 0) is 70.8 Å². The fourth-order valence-electron chi connectivity index (χ4n) is 6.69. The van der Waals surface area contributed by atoms with Crippen LogP contribution in [0, 0.1) is 0 Å². The van der Waals surface area contributed by atoms with Crippen LogP contribution in [0.5, 0.6) is 0 Å². The Morgan fingerprint density at radius 1 is 0.354 bits per heavy atom. The van der Waals surface area contributed by atoms with Crippen molar-refractivity contribution in [3.8, 4) is 56.5 Å². The predicted octanol–water partition coefficient (Wildman–Crippen LogP) is 10.4. The van der Waals surface area contributed by atoms with Crippen molar-refractivity contribution in [2.45, 2.75) is 0 Å². The van der Waals surface area contributed by atoms with E-state index < -0.39 is 0 Å². The lowest BCUT2D eigenvalue weighted by molar-refractivity contribution is 1.05. The molecule has 0 unspecified atom stereocenters. The van der Waals surface area contributed by atoms with E-state index in [4.69, 9.17) is 15.2 Å². The van der Waals surface area contributed by atoms with Gasteiger partial charge in [-0.2, -0.15) is 0 Å². The van der Waals surface area contributed by atoms with E-state index in [0.717, 1.165) is 50.6 Å². The molecule has 0 spiro atoms. The van der Waals surface area contributed by atoms with Crippen molar-refractivity contribution in [3.05, 3.63) is 176 Å². The molecule has 0 aliphatic heterocycles. The van der Waals surface area contributed by atoms with Crippen LogP contribution >= 0.6 is 0 Å². The van der Waals surface area contributed by atoms with Gasteiger partial charge in [0, 0.05) is 33.9 Å². The highest BCUT2D eigenvalue weighted by atomic mass is 15.3. The van der Waals surface area contributed by atoms with E-state index >= 15 is 0 Å². The molecular weight excluding hydrogens is 587 g/mol. The Kier molecular flexibility index (Phi) is 6.72. The van der Waals surface area contributed by atoms with Gasteiger partial charge in [0.25, 0.3) is 0 Å². The van der Waals surface area contributed by atoms with Crippen LogP contribution in [0.4, 0.5) is 0 Å². The number of benzene rings is 6. The predicted molar refractivity (Wildman–Crippen MR) is 195 cm³/mol. The van der Waals surface area contributed by atoms with E-state index in [2.05, 4.69) is 155 Å². The van der Waals surface area contributed by atoms with E-state index in [0.29, 0.717) is 5.82 Å². The minimum Gasteiger partial charge on any atom is -0.309 e. The van der Waals surface area contributed by atoms with Gasteiger partial charge in [0.1, 0.15) is 5.69 Å². The van der Waals surface area contributed by atoms with Crippen molar-refractivity contribution in [1.82, 2.24) is 24.3 Å². The maximum absolute atomic E-state index is 4.84. The molecule has 6 aromatic carbocycles.